The van der Waals surface area contributed by atoms with Crippen LogP contribution in [0.5, 0.6) is 0 Å². The highest BCUT2D eigenvalue weighted by Gasteiger charge is 2.55. The summed E-state index contributed by atoms with van der Waals surface area (Å²) >= 11 is 0. The number of nitrogens with one attached hydrogen (secondary N) is 1. The molecule has 1 N–H and O–H groups in total. The molecule has 0 spiro atoms. The van der Waals surface area contributed by atoms with Crippen molar-refractivity contribution in [1.82, 2.24) is 4.90 Å². The van der Waals surface area contributed by atoms with Crippen LogP contribution < -0.4 is 5.32 Å². The Labute approximate surface area is 163 Å². The molecule has 2 aromatic carbocycles. The van der Waals surface area contributed by atoms with E-state index in [2.05, 4.69) is 5.32 Å². The van der Waals surface area contributed by atoms with Gasteiger partial charge in [0.2, 0.25) is 11.8 Å². The molecule has 1 aliphatic rings. The summed E-state index contributed by atoms with van der Waals surface area (Å²) in [5.74, 6) is -4.66. The molecular formula is C20H17F5N2O2. The van der Waals surface area contributed by atoms with E-state index in [1.807, 2.05) is 0 Å². The minimum Gasteiger partial charge on any atom is -0.344 e. The molecule has 4 nitrogen and oxygen atoms in total. The highest BCUT2D eigenvalue weighted by molar-refractivity contribution is 6.12. The Kier molecular flexibility index (Phi) is 5.10. The zero-order chi connectivity index (χ0) is 21.6. The molecule has 2 atom stereocenters. The Hall–Kier alpha value is -2.97. The van der Waals surface area contributed by atoms with Crippen molar-refractivity contribution < 1.29 is 31.5 Å². The van der Waals surface area contributed by atoms with Gasteiger partial charge in [-0.2, -0.15) is 13.2 Å². The molecule has 154 valence electrons. The molecule has 0 unspecified atom stereocenters. The first kappa shape index (κ1) is 20.8. The number of rotatable bonds is 3. The Bertz CT molecular complexity index is 958. The fraction of sp³-hybridized carbons (Fsp3) is 0.300. The van der Waals surface area contributed by atoms with E-state index in [0.29, 0.717) is 5.56 Å². The molecule has 0 bridgehead atoms. The third-order valence-electron chi connectivity index (χ3n) is 5.26. The van der Waals surface area contributed by atoms with Crippen LogP contribution in [0.15, 0.2) is 42.5 Å². The number of halogens is 5. The van der Waals surface area contributed by atoms with Crippen LogP contribution in [0.3, 0.4) is 0 Å². The lowest BCUT2D eigenvalue weighted by atomic mass is 9.74. The molecule has 1 saturated heterocycles. The molecule has 1 aliphatic heterocycles. The number of nitrogens with zero attached hydrogens (tertiary/aromatic N) is 1. The largest absolute Gasteiger partial charge is 0.416 e. The summed E-state index contributed by atoms with van der Waals surface area (Å²) < 4.78 is 65.8. The molecule has 29 heavy (non-hydrogen) atoms. The van der Waals surface area contributed by atoms with E-state index in [9.17, 15) is 31.5 Å². The summed E-state index contributed by atoms with van der Waals surface area (Å²) in [6.45, 7) is 1.42. The monoisotopic (exact) mass is 412 g/mol. The second kappa shape index (κ2) is 7.13. The van der Waals surface area contributed by atoms with E-state index < -0.39 is 52.2 Å². The maximum absolute atomic E-state index is 13.9. The number of hydrogen-bond acceptors (Lipinski definition) is 2. The first-order valence-electron chi connectivity index (χ1n) is 8.64. The maximum Gasteiger partial charge on any atom is 0.416 e. The Morgan fingerprint density at radius 1 is 1.14 bits per heavy atom. The number of likely N-dealkylation sites (tertiary alicyclic amines) is 1. The summed E-state index contributed by atoms with van der Waals surface area (Å²) in [5, 5.41) is 2.24. The molecule has 1 heterocycles. The average Bonchev–Trinajstić information content (AvgIpc) is 2.90. The lowest BCUT2D eigenvalue weighted by molar-refractivity contribution is -0.142. The molecule has 0 aromatic heterocycles. The van der Waals surface area contributed by atoms with Crippen molar-refractivity contribution in [3.8, 4) is 0 Å². The molecule has 9 heteroatoms. The van der Waals surface area contributed by atoms with Gasteiger partial charge in [-0.05, 0) is 36.8 Å². The predicted molar refractivity (Wildman–Crippen MR) is 94.9 cm³/mol. The number of hydrogen-bond donors (Lipinski definition) is 1. The van der Waals surface area contributed by atoms with Crippen molar-refractivity contribution in [2.75, 3.05) is 18.9 Å². The molecule has 2 amide bonds. The molecule has 2 aromatic rings. The summed E-state index contributed by atoms with van der Waals surface area (Å²) in [6, 6.07) is 7.42. The lowest BCUT2D eigenvalue weighted by Crippen LogP contribution is -2.43. The molecule has 3 rings (SSSR count). The molecule has 0 aliphatic carbocycles. The van der Waals surface area contributed by atoms with Gasteiger partial charge in [0, 0.05) is 19.5 Å². The van der Waals surface area contributed by atoms with Gasteiger partial charge < -0.3 is 10.2 Å². The predicted octanol–water partition coefficient (Wildman–Crippen LogP) is 4.18. The second-order valence-corrected chi connectivity index (χ2v) is 7.12. The van der Waals surface area contributed by atoms with Gasteiger partial charge in [0.15, 0.2) is 11.6 Å². The van der Waals surface area contributed by atoms with E-state index in [4.69, 9.17) is 0 Å². The standard InChI is InChI=1S/C20H17F5N2O2/c1-19(17(28)26-15-5-3-4-14(21)16(15)22)13(10-27(2)18(19)29)11-6-8-12(9-7-11)20(23,24)25/h3-9,13H,10H2,1-2H3,(H,26,28)/t13-,19-/m1/s1. The first-order valence-corrected chi connectivity index (χ1v) is 8.64. The van der Waals surface area contributed by atoms with Gasteiger partial charge in [0.25, 0.3) is 0 Å². The van der Waals surface area contributed by atoms with Crippen molar-refractivity contribution in [3.63, 3.8) is 0 Å². The highest BCUT2D eigenvalue weighted by Crippen LogP contribution is 2.44. The molecule has 0 radical (unpaired) electrons. The lowest BCUT2D eigenvalue weighted by Gasteiger charge is -2.28. The fourth-order valence-electron chi connectivity index (χ4n) is 3.54. The quantitative estimate of drug-likeness (QED) is 0.607. The number of carbonyl (C=O) groups excluding carboxylic acids is 2. The van der Waals surface area contributed by atoms with Gasteiger partial charge in [-0.15, -0.1) is 0 Å². The smallest absolute Gasteiger partial charge is 0.344 e. The van der Waals surface area contributed by atoms with E-state index >= 15 is 0 Å². The summed E-state index contributed by atoms with van der Waals surface area (Å²) in [5.41, 5.74) is -2.64. The van der Waals surface area contributed by atoms with Crippen LogP contribution in [0.2, 0.25) is 0 Å². The zero-order valence-corrected chi connectivity index (χ0v) is 15.5. The van der Waals surface area contributed by atoms with E-state index in [1.165, 1.54) is 37.1 Å². The third kappa shape index (κ3) is 3.56. The number of anilines is 1. The van der Waals surface area contributed by atoms with Gasteiger partial charge in [0.05, 0.1) is 11.3 Å². The van der Waals surface area contributed by atoms with Gasteiger partial charge in [-0.1, -0.05) is 18.2 Å². The summed E-state index contributed by atoms with van der Waals surface area (Å²) in [4.78, 5) is 27.0. The minimum absolute atomic E-state index is 0.0831. The number of alkyl halides is 3. The van der Waals surface area contributed by atoms with Crippen LogP contribution in [0.25, 0.3) is 0 Å². The average molecular weight is 412 g/mol. The van der Waals surface area contributed by atoms with Gasteiger partial charge >= 0.3 is 6.18 Å². The van der Waals surface area contributed by atoms with Crippen LogP contribution in [0.4, 0.5) is 27.6 Å². The SMILES string of the molecule is CN1C[C@H](c2ccc(C(F)(F)F)cc2)[C@](C)(C(=O)Nc2cccc(F)c2F)C1=O. The maximum atomic E-state index is 13.9. The van der Waals surface area contributed by atoms with Crippen LogP contribution in [0.1, 0.15) is 24.0 Å². The number of carbonyl (C=O) groups is 2. The van der Waals surface area contributed by atoms with Gasteiger partial charge in [-0.25, -0.2) is 8.78 Å². The van der Waals surface area contributed by atoms with Gasteiger partial charge in [-0.3, -0.25) is 9.59 Å². The molecular weight excluding hydrogens is 395 g/mol. The van der Waals surface area contributed by atoms with Gasteiger partial charge in [0.1, 0.15) is 5.41 Å². The van der Waals surface area contributed by atoms with E-state index in [0.717, 1.165) is 24.3 Å². The minimum atomic E-state index is -4.52. The Morgan fingerprint density at radius 2 is 1.76 bits per heavy atom. The van der Waals surface area contributed by atoms with Crippen molar-refractivity contribution >= 4 is 17.5 Å². The summed E-state index contributed by atoms with van der Waals surface area (Å²) in [6.07, 6.45) is -4.52. The first-order chi connectivity index (χ1) is 13.5. The van der Waals surface area contributed by atoms with Crippen LogP contribution in [-0.2, 0) is 15.8 Å². The molecule has 0 saturated carbocycles. The zero-order valence-electron chi connectivity index (χ0n) is 15.5. The number of benzene rings is 2. The van der Waals surface area contributed by atoms with Crippen LogP contribution >= 0.6 is 0 Å². The van der Waals surface area contributed by atoms with Crippen molar-refractivity contribution in [2.24, 2.45) is 5.41 Å². The Balaban J connectivity index is 1.96. The summed E-state index contributed by atoms with van der Waals surface area (Å²) in [7, 11) is 1.46. The van der Waals surface area contributed by atoms with E-state index in [1.54, 1.807) is 0 Å². The molecule has 1 fully saturated rings. The Morgan fingerprint density at radius 3 is 2.34 bits per heavy atom. The topological polar surface area (TPSA) is 49.4 Å². The van der Waals surface area contributed by atoms with E-state index in [-0.39, 0.29) is 6.54 Å². The normalized spacial score (nSPS) is 22.1. The highest BCUT2D eigenvalue weighted by atomic mass is 19.4. The number of amides is 2. The second-order valence-electron chi connectivity index (χ2n) is 7.12. The van der Waals surface area contributed by atoms with Crippen molar-refractivity contribution in [2.45, 2.75) is 19.0 Å². The fourth-order valence-corrected chi connectivity index (χ4v) is 3.54. The van der Waals surface area contributed by atoms with Crippen LogP contribution in [0, 0.1) is 17.0 Å². The number of likely N-dealkylation sites (N-methyl/N-ethyl adjacent to an activating group) is 1. The van der Waals surface area contributed by atoms with Crippen molar-refractivity contribution in [3.05, 3.63) is 65.2 Å². The van der Waals surface area contributed by atoms with Crippen molar-refractivity contribution in [1.29, 1.82) is 0 Å². The van der Waals surface area contributed by atoms with Crippen LogP contribution in [-0.4, -0.2) is 30.3 Å². The third-order valence-corrected chi connectivity index (χ3v) is 5.26.